The van der Waals surface area contributed by atoms with Gasteiger partial charge in [0, 0.05) is 23.7 Å². The van der Waals surface area contributed by atoms with Gasteiger partial charge in [-0.1, -0.05) is 38.1 Å². The van der Waals surface area contributed by atoms with Crippen molar-refractivity contribution in [3.8, 4) is 5.75 Å². The van der Waals surface area contributed by atoms with Crippen molar-refractivity contribution >= 4 is 34.0 Å². The highest BCUT2D eigenvalue weighted by Gasteiger charge is 2.22. The fourth-order valence-corrected chi connectivity index (χ4v) is 3.76. The highest BCUT2D eigenvalue weighted by Crippen LogP contribution is 2.38. The Balaban J connectivity index is 1.78. The molecule has 4 rings (SSSR count). The molecule has 2 heterocycles. The molecule has 0 atom stereocenters. The van der Waals surface area contributed by atoms with Crippen molar-refractivity contribution in [3.05, 3.63) is 60.4 Å². The standard InChI is InChI=1S/C24H26N4O2/c1-16(2)10-11-23(29)27-20-13-18-19(14-22(20)30-3)25-15-26-24(18)28-12-6-8-17-7-4-5-9-21(17)28/h4-5,7,9-11,13-16H,6,8,12H2,1-3H3,(H,27,29)/b11-10+. The first-order chi connectivity index (χ1) is 14.6. The first-order valence-electron chi connectivity index (χ1n) is 10.2. The summed E-state index contributed by atoms with van der Waals surface area (Å²) in [5.74, 6) is 1.51. The quantitative estimate of drug-likeness (QED) is 0.617. The Morgan fingerprint density at radius 3 is 2.87 bits per heavy atom. The lowest BCUT2D eigenvalue weighted by atomic mass is 10.0. The zero-order valence-corrected chi connectivity index (χ0v) is 17.6. The van der Waals surface area contributed by atoms with Gasteiger partial charge in [0.2, 0.25) is 5.91 Å². The molecule has 0 saturated carbocycles. The van der Waals surface area contributed by atoms with Crippen LogP contribution in [0.3, 0.4) is 0 Å². The van der Waals surface area contributed by atoms with Crippen molar-refractivity contribution in [2.24, 2.45) is 5.92 Å². The van der Waals surface area contributed by atoms with Crippen LogP contribution in [-0.4, -0.2) is 29.5 Å². The van der Waals surface area contributed by atoms with Crippen LogP contribution < -0.4 is 15.0 Å². The highest BCUT2D eigenvalue weighted by atomic mass is 16.5. The number of aryl methyl sites for hydroxylation is 1. The second-order valence-corrected chi connectivity index (χ2v) is 7.74. The summed E-state index contributed by atoms with van der Waals surface area (Å²) < 4.78 is 5.51. The molecule has 0 aliphatic carbocycles. The Bertz CT molecular complexity index is 1110. The molecule has 1 amide bonds. The zero-order chi connectivity index (χ0) is 21.1. The van der Waals surface area contributed by atoms with Gasteiger partial charge in [-0.05, 0) is 42.5 Å². The minimum absolute atomic E-state index is 0.192. The lowest BCUT2D eigenvalue weighted by Gasteiger charge is -2.31. The monoisotopic (exact) mass is 402 g/mol. The van der Waals surface area contributed by atoms with Crippen LogP contribution in [-0.2, 0) is 11.2 Å². The third kappa shape index (κ3) is 3.99. The van der Waals surface area contributed by atoms with Gasteiger partial charge < -0.3 is 15.0 Å². The number of fused-ring (bicyclic) bond motifs is 2. The molecule has 0 fully saturated rings. The molecule has 0 saturated heterocycles. The number of nitrogens with zero attached hydrogens (tertiary/aromatic N) is 3. The lowest BCUT2D eigenvalue weighted by Crippen LogP contribution is -2.25. The van der Waals surface area contributed by atoms with Gasteiger partial charge >= 0.3 is 0 Å². The largest absolute Gasteiger partial charge is 0.494 e. The highest BCUT2D eigenvalue weighted by molar-refractivity contribution is 6.03. The fraction of sp³-hybridized carbons (Fsp3) is 0.292. The van der Waals surface area contributed by atoms with E-state index in [1.165, 1.54) is 11.3 Å². The van der Waals surface area contributed by atoms with Crippen LogP contribution in [0, 0.1) is 5.92 Å². The number of carbonyl (C=O) groups excluding carboxylic acids is 1. The van der Waals surface area contributed by atoms with Crippen molar-refractivity contribution in [2.45, 2.75) is 26.7 Å². The van der Waals surface area contributed by atoms with E-state index < -0.39 is 0 Å². The van der Waals surface area contributed by atoms with E-state index >= 15 is 0 Å². The number of amides is 1. The molecule has 1 aliphatic heterocycles. The van der Waals surface area contributed by atoms with Crippen molar-refractivity contribution < 1.29 is 9.53 Å². The number of ether oxygens (including phenoxy) is 1. The van der Waals surface area contributed by atoms with E-state index in [4.69, 9.17) is 4.74 Å². The van der Waals surface area contributed by atoms with Gasteiger partial charge in [0.1, 0.15) is 17.9 Å². The molecule has 1 aliphatic rings. The number of nitrogens with one attached hydrogen (secondary N) is 1. The number of benzene rings is 2. The van der Waals surface area contributed by atoms with E-state index in [1.807, 2.05) is 32.1 Å². The van der Waals surface area contributed by atoms with E-state index in [0.29, 0.717) is 17.4 Å². The lowest BCUT2D eigenvalue weighted by molar-refractivity contribution is -0.111. The SMILES string of the molecule is COc1cc2ncnc(N3CCCc4ccccc43)c2cc1NC(=O)/C=C/C(C)C. The second kappa shape index (κ2) is 8.53. The number of carbonyl (C=O) groups is 1. The van der Waals surface area contributed by atoms with Crippen molar-refractivity contribution in [1.29, 1.82) is 0 Å². The molecule has 3 aromatic rings. The average molecular weight is 402 g/mol. The number of hydrogen-bond acceptors (Lipinski definition) is 5. The summed E-state index contributed by atoms with van der Waals surface area (Å²) in [7, 11) is 1.59. The van der Waals surface area contributed by atoms with E-state index in [2.05, 4.69) is 44.5 Å². The summed E-state index contributed by atoms with van der Waals surface area (Å²) in [6.45, 7) is 4.94. The third-order valence-electron chi connectivity index (χ3n) is 5.19. The molecule has 0 bridgehead atoms. The summed E-state index contributed by atoms with van der Waals surface area (Å²) in [6, 6.07) is 12.2. The molecule has 30 heavy (non-hydrogen) atoms. The number of methoxy groups -OCH3 is 1. The Morgan fingerprint density at radius 1 is 1.23 bits per heavy atom. The smallest absolute Gasteiger partial charge is 0.248 e. The van der Waals surface area contributed by atoms with Gasteiger partial charge in [0.05, 0.1) is 18.3 Å². The summed E-state index contributed by atoms with van der Waals surface area (Å²) in [5, 5.41) is 3.81. The molecule has 0 unspecified atom stereocenters. The Kier molecular flexibility index (Phi) is 5.65. The first-order valence-corrected chi connectivity index (χ1v) is 10.2. The third-order valence-corrected chi connectivity index (χ3v) is 5.19. The maximum absolute atomic E-state index is 12.4. The molecule has 0 spiro atoms. The van der Waals surface area contributed by atoms with Gasteiger partial charge in [0.25, 0.3) is 0 Å². The maximum atomic E-state index is 12.4. The van der Waals surface area contributed by atoms with E-state index in [9.17, 15) is 4.79 Å². The van der Waals surface area contributed by atoms with Crippen LogP contribution in [0.1, 0.15) is 25.8 Å². The Labute approximate surface area is 176 Å². The van der Waals surface area contributed by atoms with Crippen LogP contribution in [0.2, 0.25) is 0 Å². The van der Waals surface area contributed by atoms with Gasteiger partial charge in [0.15, 0.2) is 0 Å². The van der Waals surface area contributed by atoms with E-state index in [0.717, 1.165) is 36.1 Å². The van der Waals surface area contributed by atoms with Crippen molar-refractivity contribution in [1.82, 2.24) is 9.97 Å². The fourth-order valence-electron chi connectivity index (χ4n) is 3.76. The summed E-state index contributed by atoms with van der Waals surface area (Å²) in [4.78, 5) is 23.7. The number of hydrogen-bond donors (Lipinski definition) is 1. The molecule has 6 nitrogen and oxygen atoms in total. The molecular weight excluding hydrogens is 376 g/mol. The minimum Gasteiger partial charge on any atom is -0.494 e. The summed E-state index contributed by atoms with van der Waals surface area (Å²) >= 11 is 0. The molecule has 154 valence electrons. The molecule has 1 N–H and O–H groups in total. The van der Waals surface area contributed by atoms with Crippen LogP contribution in [0.25, 0.3) is 10.9 Å². The molecule has 0 radical (unpaired) electrons. The van der Waals surface area contributed by atoms with Crippen LogP contribution in [0.5, 0.6) is 5.75 Å². The Hall–Kier alpha value is -3.41. The zero-order valence-electron chi connectivity index (χ0n) is 17.6. The molecule has 6 heteroatoms. The van der Waals surface area contributed by atoms with Crippen LogP contribution in [0.4, 0.5) is 17.2 Å². The van der Waals surface area contributed by atoms with Crippen molar-refractivity contribution in [3.63, 3.8) is 0 Å². The van der Waals surface area contributed by atoms with Gasteiger partial charge in [-0.2, -0.15) is 0 Å². The number of rotatable bonds is 5. The van der Waals surface area contributed by atoms with Gasteiger partial charge in [-0.3, -0.25) is 4.79 Å². The maximum Gasteiger partial charge on any atom is 0.248 e. The summed E-state index contributed by atoms with van der Waals surface area (Å²) in [5.41, 5.74) is 3.86. The molecular formula is C24H26N4O2. The van der Waals surface area contributed by atoms with Crippen molar-refractivity contribution in [2.75, 3.05) is 23.9 Å². The van der Waals surface area contributed by atoms with E-state index in [1.54, 1.807) is 19.5 Å². The molecule has 2 aromatic carbocycles. The van der Waals surface area contributed by atoms with Gasteiger partial charge in [-0.25, -0.2) is 9.97 Å². The summed E-state index contributed by atoms with van der Waals surface area (Å²) in [6.07, 6.45) is 7.12. The Morgan fingerprint density at radius 2 is 2.07 bits per heavy atom. The number of allylic oxidation sites excluding steroid dienone is 1. The molecule has 1 aromatic heterocycles. The predicted octanol–water partition coefficient (Wildman–Crippen LogP) is 4.87. The predicted molar refractivity (Wildman–Crippen MR) is 120 cm³/mol. The second-order valence-electron chi connectivity index (χ2n) is 7.74. The number of anilines is 3. The van der Waals surface area contributed by atoms with E-state index in [-0.39, 0.29) is 5.91 Å². The van der Waals surface area contributed by atoms with Crippen LogP contribution >= 0.6 is 0 Å². The minimum atomic E-state index is -0.192. The normalized spacial score (nSPS) is 13.7. The average Bonchev–Trinajstić information content (AvgIpc) is 2.76. The van der Waals surface area contributed by atoms with Gasteiger partial charge in [-0.15, -0.1) is 0 Å². The topological polar surface area (TPSA) is 67.4 Å². The first kappa shape index (κ1) is 19.9. The number of para-hydroxylation sites is 1. The van der Waals surface area contributed by atoms with Crippen LogP contribution in [0.15, 0.2) is 54.9 Å². The number of aromatic nitrogens is 2.